The van der Waals surface area contributed by atoms with Gasteiger partial charge in [-0.25, -0.2) is 0 Å². The normalized spacial score (nSPS) is 18.8. The fraction of sp³-hybridized carbons (Fsp3) is 0.364. The third-order valence-electron chi connectivity index (χ3n) is 5.09. The second-order valence-electron chi connectivity index (χ2n) is 7.42. The van der Waals surface area contributed by atoms with E-state index in [1.165, 1.54) is 6.07 Å². The van der Waals surface area contributed by atoms with Crippen molar-refractivity contribution < 1.29 is 27.5 Å². The summed E-state index contributed by atoms with van der Waals surface area (Å²) in [5, 5.41) is 5.37. The monoisotopic (exact) mass is 498 g/mol. The van der Waals surface area contributed by atoms with Gasteiger partial charge in [-0.2, -0.15) is 13.2 Å². The Bertz CT molecular complexity index is 919. The van der Waals surface area contributed by atoms with Gasteiger partial charge in [0.1, 0.15) is 5.75 Å². The number of rotatable bonds is 6. The molecule has 1 fully saturated rings. The minimum absolute atomic E-state index is 0.0864. The minimum atomic E-state index is -4.26. The maximum Gasteiger partial charge on any atom is 0.391 e. The Labute approximate surface area is 186 Å². The van der Waals surface area contributed by atoms with Crippen LogP contribution in [0.2, 0.25) is 0 Å². The number of benzene rings is 2. The molecule has 2 unspecified atom stereocenters. The van der Waals surface area contributed by atoms with Crippen LogP contribution in [0.3, 0.4) is 0 Å². The molecular weight excluding hydrogens is 477 g/mol. The molecule has 1 saturated carbocycles. The van der Waals surface area contributed by atoms with Crippen LogP contribution < -0.4 is 15.4 Å². The molecule has 0 bridgehead atoms. The summed E-state index contributed by atoms with van der Waals surface area (Å²) in [5.74, 6) is -2.14. The van der Waals surface area contributed by atoms with Gasteiger partial charge < -0.3 is 15.4 Å². The Kier molecular flexibility index (Phi) is 7.59. The van der Waals surface area contributed by atoms with E-state index in [0.29, 0.717) is 18.5 Å². The van der Waals surface area contributed by atoms with Crippen molar-refractivity contribution in [1.29, 1.82) is 0 Å². The quantitative estimate of drug-likeness (QED) is 0.566. The van der Waals surface area contributed by atoms with Crippen molar-refractivity contribution in [2.45, 2.75) is 37.9 Å². The van der Waals surface area contributed by atoms with E-state index in [9.17, 15) is 22.8 Å². The first-order valence-corrected chi connectivity index (χ1v) is 10.7. The molecule has 2 aromatic carbocycles. The van der Waals surface area contributed by atoms with E-state index in [4.69, 9.17) is 4.74 Å². The Hall–Kier alpha value is -2.55. The third-order valence-corrected chi connectivity index (χ3v) is 5.62. The lowest BCUT2D eigenvalue weighted by atomic mass is 9.85. The number of amides is 2. The molecule has 2 amide bonds. The van der Waals surface area contributed by atoms with Gasteiger partial charge in [0.15, 0.2) is 6.61 Å². The van der Waals surface area contributed by atoms with Gasteiger partial charge in [-0.1, -0.05) is 34.5 Å². The molecule has 31 heavy (non-hydrogen) atoms. The van der Waals surface area contributed by atoms with Crippen LogP contribution in [0.5, 0.6) is 5.75 Å². The predicted octanol–water partition coefficient (Wildman–Crippen LogP) is 5.32. The lowest BCUT2D eigenvalue weighted by molar-refractivity contribution is -0.183. The second-order valence-corrected chi connectivity index (χ2v) is 8.33. The maximum atomic E-state index is 13.0. The zero-order chi connectivity index (χ0) is 22.4. The SMILES string of the molecule is O=C(COc1ccccc1C(=O)NC1CCCC(C(F)(F)F)C1)Nc1ccc(Br)cc1. The molecular formula is C22H22BrF3N2O3. The Morgan fingerprint density at radius 3 is 2.48 bits per heavy atom. The molecule has 5 nitrogen and oxygen atoms in total. The molecule has 0 heterocycles. The second kappa shape index (κ2) is 10.2. The fourth-order valence-corrected chi connectivity index (χ4v) is 3.80. The number of ether oxygens (including phenoxy) is 1. The summed E-state index contributed by atoms with van der Waals surface area (Å²) in [5.41, 5.74) is 0.771. The maximum absolute atomic E-state index is 13.0. The van der Waals surface area contributed by atoms with Gasteiger partial charge in [0, 0.05) is 16.2 Å². The van der Waals surface area contributed by atoms with Crippen molar-refractivity contribution in [3.05, 3.63) is 58.6 Å². The summed E-state index contributed by atoms with van der Waals surface area (Å²) < 4.78 is 45.4. The highest BCUT2D eigenvalue weighted by Gasteiger charge is 2.42. The Morgan fingerprint density at radius 2 is 1.77 bits per heavy atom. The van der Waals surface area contributed by atoms with E-state index in [-0.39, 0.29) is 30.8 Å². The molecule has 1 aliphatic rings. The first kappa shape index (κ1) is 23.1. The average molecular weight is 499 g/mol. The summed E-state index contributed by atoms with van der Waals surface area (Å²) in [6.07, 6.45) is -3.40. The minimum Gasteiger partial charge on any atom is -0.483 e. The molecule has 166 valence electrons. The first-order chi connectivity index (χ1) is 14.7. The van der Waals surface area contributed by atoms with E-state index >= 15 is 0 Å². The van der Waals surface area contributed by atoms with Crippen molar-refractivity contribution in [2.75, 3.05) is 11.9 Å². The lowest BCUT2D eigenvalue weighted by Gasteiger charge is -2.31. The van der Waals surface area contributed by atoms with Crippen LogP contribution in [0, 0.1) is 5.92 Å². The zero-order valence-electron chi connectivity index (χ0n) is 16.5. The van der Waals surface area contributed by atoms with Crippen molar-refractivity contribution >= 4 is 33.4 Å². The number of para-hydroxylation sites is 1. The topological polar surface area (TPSA) is 67.4 Å². The highest BCUT2D eigenvalue weighted by Crippen LogP contribution is 2.37. The molecule has 3 rings (SSSR count). The Morgan fingerprint density at radius 1 is 1.06 bits per heavy atom. The number of carbonyl (C=O) groups excluding carboxylic acids is 2. The van der Waals surface area contributed by atoms with E-state index in [1.54, 1.807) is 42.5 Å². The van der Waals surface area contributed by atoms with Crippen LogP contribution in [0.25, 0.3) is 0 Å². The van der Waals surface area contributed by atoms with E-state index in [0.717, 1.165) is 4.47 Å². The molecule has 0 saturated heterocycles. The third kappa shape index (κ3) is 6.72. The first-order valence-electron chi connectivity index (χ1n) is 9.87. The zero-order valence-corrected chi connectivity index (χ0v) is 18.1. The summed E-state index contributed by atoms with van der Waals surface area (Å²) in [6.45, 7) is -0.320. The number of nitrogens with one attached hydrogen (secondary N) is 2. The molecule has 0 aliphatic heterocycles. The number of hydrogen-bond donors (Lipinski definition) is 2. The van der Waals surface area contributed by atoms with E-state index < -0.39 is 30.0 Å². The Balaban J connectivity index is 1.58. The average Bonchev–Trinajstić information content (AvgIpc) is 2.74. The number of hydrogen-bond acceptors (Lipinski definition) is 3. The van der Waals surface area contributed by atoms with Crippen molar-refractivity contribution in [3.63, 3.8) is 0 Å². The highest BCUT2D eigenvalue weighted by atomic mass is 79.9. The summed E-state index contributed by atoms with van der Waals surface area (Å²) >= 11 is 3.31. The number of halogens is 4. The van der Waals surface area contributed by atoms with Gasteiger partial charge in [0.25, 0.3) is 11.8 Å². The smallest absolute Gasteiger partial charge is 0.391 e. The van der Waals surface area contributed by atoms with Crippen molar-refractivity contribution in [2.24, 2.45) is 5.92 Å². The molecule has 9 heteroatoms. The molecule has 0 spiro atoms. The van der Waals surface area contributed by atoms with Crippen LogP contribution in [0.4, 0.5) is 18.9 Å². The standard InChI is InChI=1S/C22H22BrF3N2O3/c23-15-8-10-16(11-9-15)27-20(29)13-31-19-7-2-1-6-18(19)21(30)28-17-5-3-4-14(12-17)22(24,25)26/h1-2,6-11,14,17H,3-5,12-13H2,(H,27,29)(H,28,30). The summed E-state index contributed by atoms with van der Waals surface area (Å²) in [7, 11) is 0. The van der Waals surface area contributed by atoms with Gasteiger partial charge in [-0.05, 0) is 55.7 Å². The van der Waals surface area contributed by atoms with Crippen LogP contribution in [0.15, 0.2) is 53.0 Å². The molecule has 2 atom stereocenters. The van der Waals surface area contributed by atoms with Gasteiger partial charge >= 0.3 is 6.18 Å². The van der Waals surface area contributed by atoms with Crippen molar-refractivity contribution in [3.8, 4) is 5.75 Å². The fourth-order valence-electron chi connectivity index (χ4n) is 3.54. The lowest BCUT2D eigenvalue weighted by Crippen LogP contribution is -2.41. The molecule has 1 aliphatic carbocycles. The van der Waals surface area contributed by atoms with Crippen LogP contribution in [0.1, 0.15) is 36.0 Å². The van der Waals surface area contributed by atoms with Crippen LogP contribution in [-0.4, -0.2) is 30.6 Å². The number of anilines is 1. The molecule has 0 aromatic heterocycles. The molecule has 2 aromatic rings. The summed E-state index contributed by atoms with van der Waals surface area (Å²) in [6, 6.07) is 12.8. The van der Waals surface area contributed by atoms with Crippen LogP contribution in [-0.2, 0) is 4.79 Å². The predicted molar refractivity (Wildman–Crippen MR) is 114 cm³/mol. The molecule has 0 radical (unpaired) electrons. The van der Waals surface area contributed by atoms with Gasteiger partial charge in [-0.15, -0.1) is 0 Å². The largest absolute Gasteiger partial charge is 0.483 e. The number of carbonyl (C=O) groups is 2. The van der Waals surface area contributed by atoms with Crippen LogP contribution >= 0.6 is 15.9 Å². The number of alkyl halides is 3. The van der Waals surface area contributed by atoms with E-state index in [2.05, 4.69) is 26.6 Å². The molecule has 2 N–H and O–H groups in total. The summed E-state index contributed by atoms with van der Waals surface area (Å²) in [4.78, 5) is 24.8. The highest BCUT2D eigenvalue weighted by molar-refractivity contribution is 9.10. The van der Waals surface area contributed by atoms with Gasteiger partial charge in [-0.3, -0.25) is 9.59 Å². The van der Waals surface area contributed by atoms with E-state index in [1.807, 2.05) is 0 Å². The van der Waals surface area contributed by atoms with Crippen molar-refractivity contribution in [1.82, 2.24) is 5.32 Å². The van der Waals surface area contributed by atoms with Gasteiger partial charge in [0.05, 0.1) is 11.5 Å². The van der Waals surface area contributed by atoms with Gasteiger partial charge in [0.2, 0.25) is 0 Å².